The first kappa shape index (κ1) is 16.3. The largest absolute Gasteiger partial charge is 0.382 e. The Labute approximate surface area is 157 Å². The lowest BCUT2D eigenvalue weighted by atomic mass is 10.1. The molecule has 0 saturated carbocycles. The molecule has 1 aliphatic heterocycles. The Morgan fingerprint density at radius 1 is 1.26 bits per heavy atom. The molecule has 138 valence electrons. The maximum atomic E-state index is 6.25. The van der Waals surface area contributed by atoms with E-state index in [0.29, 0.717) is 11.7 Å². The van der Waals surface area contributed by atoms with E-state index in [1.165, 1.54) is 13.0 Å². The average molecular weight is 361 g/mol. The second-order valence-electron chi connectivity index (χ2n) is 7.36. The summed E-state index contributed by atoms with van der Waals surface area (Å²) in [7, 11) is 0. The molecule has 27 heavy (non-hydrogen) atoms. The summed E-state index contributed by atoms with van der Waals surface area (Å²) >= 11 is 0. The van der Waals surface area contributed by atoms with E-state index >= 15 is 0 Å². The number of H-pyrrole nitrogens is 2. The van der Waals surface area contributed by atoms with Crippen molar-refractivity contribution < 1.29 is 0 Å². The molecular weight excluding hydrogens is 338 g/mol. The fourth-order valence-corrected chi connectivity index (χ4v) is 4.13. The molecule has 7 heteroatoms. The van der Waals surface area contributed by atoms with Gasteiger partial charge < -0.3 is 15.6 Å². The number of hydrogen-bond donors (Lipinski definition) is 3. The van der Waals surface area contributed by atoms with Gasteiger partial charge in [0, 0.05) is 30.1 Å². The van der Waals surface area contributed by atoms with Gasteiger partial charge in [0.2, 0.25) is 0 Å². The van der Waals surface area contributed by atoms with Gasteiger partial charge in [0.1, 0.15) is 22.7 Å². The molecule has 7 nitrogen and oxygen atoms in total. The molecule has 1 unspecified atom stereocenters. The lowest BCUT2D eigenvalue weighted by Crippen LogP contribution is -2.20. The third-order valence-electron chi connectivity index (χ3n) is 5.61. The van der Waals surface area contributed by atoms with Crippen LogP contribution < -0.4 is 5.73 Å². The Morgan fingerprint density at radius 2 is 2.19 bits per heavy atom. The van der Waals surface area contributed by atoms with Gasteiger partial charge in [0.25, 0.3) is 0 Å². The SMILES string of the molecule is CCN1CCC(Cc2nc3c([nH]2)c(N)nc2cc(-c4ccn[nH]4)ccc23)C1. The Kier molecular flexibility index (Phi) is 3.82. The lowest BCUT2D eigenvalue weighted by Gasteiger charge is -2.11. The van der Waals surface area contributed by atoms with Gasteiger partial charge in [0.15, 0.2) is 0 Å². The van der Waals surface area contributed by atoms with E-state index in [9.17, 15) is 0 Å². The minimum atomic E-state index is 0.500. The van der Waals surface area contributed by atoms with Crippen molar-refractivity contribution in [3.05, 3.63) is 36.3 Å². The summed E-state index contributed by atoms with van der Waals surface area (Å²) in [6, 6.07) is 8.11. The molecule has 1 aromatic carbocycles. The number of pyridine rings is 1. The zero-order valence-corrected chi connectivity index (χ0v) is 15.4. The number of benzene rings is 1. The highest BCUT2D eigenvalue weighted by atomic mass is 15.1. The molecule has 1 atom stereocenters. The van der Waals surface area contributed by atoms with Gasteiger partial charge in [-0.05, 0) is 43.6 Å². The minimum absolute atomic E-state index is 0.500. The predicted octanol–water partition coefficient (Wildman–Crippen LogP) is 2.97. The van der Waals surface area contributed by atoms with E-state index in [1.54, 1.807) is 6.20 Å². The van der Waals surface area contributed by atoms with E-state index in [0.717, 1.165) is 58.5 Å². The number of imidazole rings is 1. The van der Waals surface area contributed by atoms with Crippen molar-refractivity contribution in [3.8, 4) is 11.3 Å². The first-order valence-corrected chi connectivity index (χ1v) is 9.51. The molecule has 1 fully saturated rings. The number of fused-ring (bicyclic) bond motifs is 3. The fourth-order valence-electron chi connectivity index (χ4n) is 4.13. The summed E-state index contributed by atoms with van der Waals surface area (Å²) in [6.07, 6.45) is 3.93. The second kappa shape index (κ2) is 6.35. The number of rotatable bonds is 4. The van der Waals surface area contributed by atoms with Crippen molar-refractivity contribution >= 4 is 27.8 Å². The number of hydrogen-bond acceptors (Lipinski definition) is 5. The quantitative estimate of drug-likeness (QED) is 0.519. The highest BCUT2D eigenvalue weighted by Gasteiger charge is 2.23. The number of aromatic nitrogens is 5. The van der Waals surface area contributed by atoms with Crippen molar-refractivity contribution in [2.75, 3.05) is 25.4 Å². The van der Waals surface area contributed by atoms with E-state index < -0.39 is 0 Å². The van der Waals surface area contributed by atoms with Crippen LogP contribution in [0.5, 0.6) is 0 Å². The molecule has 4 heterocycles. The first-order chi connectivity index (χ1) is 13.2. The first-order valence-electron chi connectivity index (χ1n) is 9.51. The van der Waals surface area contributed by atoms with Gasteiger partial charge in [-0.15, -0.1) is 0 Å². The lowest BCUT2D eigenvalue weighted by molar-refractivity contribution is 0.341. The molecule has 1 saturated heterocycles. The summed E-state index contributed by atoms with van der Waals surface area (Å²) in [5.74, 6) is 2.16. The molecule has 0 radical (unpaired) electrons. The van der Waals surface area contributed by atoms with Crippen LogP contribution in [0.15, 0.2) is 30.5 Å². The van der Waals surface area contributed by atoms with Crippen LogP contribution in [0.1, 0.15) is 19.2 Å². The second-order valence-corrected chi connectivity index (χ2v) is 7.36. The number of aromatic amines is 2. The Hall–Kier alpha value is -2.93. The van der Waals surface area contributed by atoms with Crippen LogP contribution in [-0.2, 0) is 6.42 Å². The molecule has 4 aromatic rings. The Bertz CT molecular complexity index is 1100. The van der Waals surface area contributed by atoms with E-state index in [1.807, 2.05) is 12.1 Å². The summed E-state index contributed by atoms with van der Waals surface area (Å²) in [5, 5.41) is 8.03. The highest BCUT2D eigenvalue weighted by Crippen LogP contribution is 2.30. The number of nitrogens with two attached hydrogens (primary N) is 1. The zero-order chi connectivity index (χ0) is 18.4. The molecule has 0 spiro atoms. The van der Waals surface area contributed by atoms with Crippen molar-refractivity contribution in [3.63, 3.8) is 0 Å². The molecule has 0 bridgehead atoms. The number of nitrogen functional groups attached to an aromatic ring is 1. The zero-order valence-electron chi connectivity index (χ0n) is 15.4. The molecule has 4 N–H and O–H groups in total. The number of nitrogens with one attached hydrogen (secondary N) is 2. The van der Waals surface area contributed by atoms with Crippen molar-refractivity contribution in [2.24, 2.45) is 5.92 Å². The smallest absolute Gasteiger partial charge is 0.150 e. The third kappa shape index (κ3) is 2.84. The third-order valence-corrected chi connectivity index (χ3v) is 5.61. The van der Waals surface area contributed by atoms with Gasteiger partial charge in [-0.25, -0.2) is 9.97 Å². The van der Waals surface area contributed by atoms with Crippen LogP contribution in [0.2, 0.25) is 0 Å². The average Bonchev–Trinajstić information content (AvgIpc) is 3.42. The predicted molar refractivity (Wildman–Crippen MR) is 107 cm³/mol. The summed E-state index contributed by atoms with van der Waals surface area (Å²) < 4.78 is 0. The van der Waals surface area contributed by atoms with Gasteiger partial charge in [-0.1, -0.05) is 13.0 Å². The molecular formula is C20H23N7. The van der Waals surface area contributed by atoms with Crippen molar-refractivity contribution in [1.82, 2.24) is 30.0 Å². The Balaban J connectivity index is 1.53. The number of anilines is 1. The van der Waals surface area contributed by atoms with Gasteiger partial charge in [-0.2, -0.15) is 5.10 Å². The number of likely N-dealkylation sites (tertiary alicyclic amines) is 1. The maximum absolute atomic E-state index is 6.25. The van der Waals surface area contributed by atoms with Crippen molar-refractivity contribution in [2.45, 2.75) is 19.8 Å². The molecule has 0 aliphatic carbocycles. The molecule has 0 amide bonds. The minimum Gasteiger partial charge on any atom is -0.382 e. The molecule has 5 rings (SSSR count). The Morgan fingerprint density at radius 3 is 2.96 bits per heavy atom. The van der Waals surface area contributed by atoms with Gasteiger partial charge in [0.05, 0.1) is 11.2 Å². The van der Waals surface area contributed by atoms with Crippen LogP contribution in [0.3, 0.4) is 0 Å². The summed E-state index contributed by atoms with van der Waals surface area (Å²) in [5.41, 5.74) is 10.8. The summed E-state index contributed by atoms with van der Waals surface area (Å²) in [4.78, 5) is 15.4. The van der Waals surface area contributed by atoms with Gasteiger partial charge in [-0.3, -0.25) is 5.10 Å². The number of nitrogens with zero attached hydrogens (tertiary/aromatic N) is 4. The van der Waals surface area contributed by atoms with Crippen LogP contribution >= 0.6 is 0 Å². The van der Waals surface area contributed by atoms with E-state index in [-0.39, 0.29) is 0 Å². The highest BCUT2D eigenvalue weighted by molar-refractivity contribution is 6.07. The van der Waals surface area contributed by atoms with Crippen LogP contribution in [0.25, 0.3) is 33.2 Å². The summed E-state index contributed by atoms with van der Waals surface area (Å²) in [6.45, 7) is 5.68. The molecule has 1 aliphatic rings. The monoisotopic (exact) mass is 361 g/mol. The fraction of sp³-hybridized carbons (Fsp3) is 0.350. The van der Waals surface area contributed by atoms with Gasteiger partial charge >= 0.3 is 0 Å². The van der Waals surface area contributed by atoms with Crippen molar-refractivity contribution in [1.29, 1.82) is 0 Å². The standard InChI is InChI=1S/C20H23N7/c1-2-27-8-6-12(11-27)9-17-24-18-14-4-3-13(15-5-7-22-26-15)10-16(14)23-20(21)19(18)25-17/h3-5,7,10,12H,2,6,8-9,11H2,1H3,(H2,21,23)(H,22,26)(H,24,25). The van der Waals surface area contributed by atoms with E-state index in [2.05, 4.69) is 44.1 Å². The normalized spacial score (nSPS) is 18.0. The van der Waals surface area contributed by atoms with Crippen LogP contribution in [0.4, 0.5) is 5.82 Å². The van der Waals surface area contributed by atoms with Crippen LogP contribution in [0, 0.1) is 5.92 Å². The topological polar surface area (TPSA) is 99.5 Å². The maximum Gasteiger partial charge on any atom is 0.150 e. The van der Waals surface area contributed by atoms with Crippen LogP contribution in [-0.4, -0.2) is 49.7 Å². The van der Waals surface area contributed by atoms with E-state index in [4.69, 9.17) is 10.7 Å². The molecule has 3 aromatic heterocycles.